The molecule has 2 amide bonds. The molecule has 0 aromatic carbocycles. The van der Waals surface area contributed by atoms with Gasteiger partial charge in [-0.1, -0.05) is 226 Å². The van der Waals surface area contributed by atoms with Crippen LogP contribution in [0.4, 0.5) is 0 Å². The van der Waals surface area contributed by atoms with Crippen molar-refractivity contribution in [1.82, 2.24) is 10.6 Å². The molecule has 3 aliphatic heterocycles. The highest BCUT2D eigenvalue weighted by atomic mass is 16.8. The Morgan fingerprint density at radius 1 is 0.447 bits per heavy atom. The maximum Gasteiger partial charge on any atom is 0.249 e. The zero-order valence-electron chi connectivity index (χ0n) is 52.2. The smallest absolute Gasteiger partial charge is 0.249 e. The van der Waals surface area contributed by atoms with Gasteiger partial charge in [0.1, 0.15) is 85.4 Å². The topological polar surface area (TPSA) is 356 Å². The van der Waals surface area contributed by atoms with Gasteiger partial charge in [0.15, 0.2) is 18.9 Å². The van der Waals surface area contributed by atoms with E-state index in [0.717, 1.165) is 58.3 Å². The lowest BCUT2D eigenvalue weighted by Crippen LogP contribution is -2.66. The van der Waals surface area contributed by atoms with Gasteiger partial charge in [0.05, 0.1) is 38.6 Å². The summed E-state index contributed by atoms with van der Waals surface area (Å²) in [7, 11) is 0. The van der Waals surface area contributed by atoms with Gasteiger partial charge in [-0.25, -0.2) is 0 Å². The Morgan fingerprint density at radius 2 is 0.835 bits per heavy atom. The van der Waals surface area contributed by atoms with Crippen LogP contribution in [-0.4, -0.2) is 216 Å². The molecular weight excluding hydrogens is 1100 g/mol. The van der Waals surface area contributed by atoms with E-state index >= 15 is 0 Å². The van der Waals surface area contributed by atoms with E-state index in [0.29, 0.717) is 12.8 Å². The number of carbonyl (C=O) groups excluding carboxylic acids is 2. The molecule has 0 spiro atoms. The van der Waals surface area contributed by atoms with Gasteiger partial charge in [-0.2, -0.15) is 0 Å². The lowest BCUT2D eigenvalue weighted by Gasteiger charge is -2.47. The molecule has 14 N–H and O–H groups in total. The molecule has 3 fully saturated rings. The van der Waals surface area contributed by atoms with Crippen LogP contribution in [0.15, 0.2) is 0 Å². The van der Waals surface area contributed by atoms with Crippen molar-refractivity contribution in [2.45, 2.75) is 362 Å². The van der Waals surface area contributed by atoms with Crippen LogP contribution in [0.25, 0.3) is 0 Å². The van der Waals surface area contributed by atoms with E-state index in [2.05, 4.69) is 24.5 Å². The molecule has 22 heteroatoms. The van der Waals surface area contributed by atoms with Crippen LogP contribution in [-0.2, 0) is 38.0 Å². The quantitative estimate of drug-likeness (QED) is 0.0362. The zero-order chi connectivity index (χ0) is 62.4. The summed E-state index contributed by atoms with van der Waals surface area (Å²) in [4.78, 5) is 25.9. The van der Waals surface area contributed by atoms with E-state index in [4.69, 9.17) is 28.4 Å². The molecule has 0 saturated carbocycles. The molecule has 0 radical (unpaired) electrons. The lowest BCUT2D eigenvalue weighted by molar-refractivity contribution is -0.371. The minimum absolute atomic E-state index is 0.130. The van der Waals surface area contributed by atoms with Gasteiger partial charge >= 0.3 is 0 Å². The zero-order valence-corrected chi connectivity index (χ0v) is 52.2. The van der Waals surface area contributed by atoms with Crippen molar-refractivity contribution in [3.8, 4) is 0 Å². The number of ether oxygens (including phenoxy) is 6. The number of unbranched alkanes of at least 4 members (excludes halogenated alkanes) is 31. The molecule has 3 rings (SSSR count). The predicted octanol–water partition coefficient (Wildman–Crippen LogP) is 4.86. The minimum Gasteiger partial charge on any atom is -0.394 e. The largest absolute Gasteiger partial charge is 0.394 e. The molecule has 0 aromatic heterocycles. The summed E-state index contributed by atoms with van der Waals surface area (Å²) in [5.74, 6) is -1.47. The van der Waals surface area contributed by atoms with Crippen molar-refractivity contribution >= 4 is 11.8 Å². The van der Waals surface area contributed by atoms with Gasteiger partial charge < -0.3 is 100 Å². The molecule has 19 atom stereocenters. The Morgan fingerprint density at radius 3 is 1.27 bits per heavy atom. The molecule has 3 saturated heterocycles. The van der Waals surface area contributed by atoms with Crippen molar-refractivity contribution in [3.63, 3.8) is 0 Å². The highest BCUT2D eigenvalue weighted by molar-refractivity contribution is 5.80. The highest BCUT2D eigenvalue weighted by Gasteiger charge is 2.52. The molecule has 0 aromatic rings. The number of hydrogen-bond donors (Lipinski definition) is 14. The molecular formula is C63H120N2O20. The first-order valence-electron chi connectivity index (χ1n) is 33.5. The Balaban J connectivity index is 1.68. The molecule has 3 heterocycles. The number of amides is 2. The van der Waals surface area contributed by atoms with Crippen LogP contribution >= 0.6 is 0 Å². The molecule has 22 nitrogen and oxygen atoms in total. The number of carbonyl (C=O) groups is 2. The van der Waals surface area contributed by atoms with E-state index in [1.165, 1.54) is 148 Å². The molecule has 0 unspecified atom stereocenters. The monoisotopic (exact) mass is 1220 g/mol. The highest BCUT2D eigenvalue weighted by Crippen LogP contribution is 2.32. The first kappa shape index (κ1) is 77.5. The third-order valence-electron chi connectivity index (χ3n) is 17.3. The Labute approximate surface area is 508 Å². The fraction of sp³-hybridized carbons (Fsp3) is 0.968. The number of rotatable bonds is 50. The molecule has 502 valence electrons. The van der Waals surface area contributed by atoms with E-state index in [-0.39, 0.29) is 12.8 Å². The third-order valence-corrected chi connectivity index (χ3v) is 17.3. The van der Waals surface area contributed by atoms with Crippen LogP contribution < -0.4 is 10.6 Å². The fourth-order valence-electron chi connectivity index (χ4n) is 11.7. The maximum absolute atomic E-state index is 13.7. The van der Waals surface area contributed by atoms with Crippen molar-refractivity contribution in [1.29, 1.82) is 0 Å². The molecule has 0 aliphatic carbocycles. The second-order valence-corrected chi connectivity index (χ2v) is 24.6. The third kappa shape index (κ3) is 29.8. The van der Waals surface area contributed by atoms with Crippen molar-refractivity contribution in [2.24, 2.45) is 0 Å². The van der Waals surface area contributed by atoms with Gasteiger partial charge in [0.2, 0.25) is 11.8 Å². The van der Waals surface area contributed by atoms with E-state index in [1.54, 1.807) is 0 Å². The summed E-state index contributed by atoms with van der Waals surface area (Å²) in [6.07, 6.45) is 9.92. The Bertz CT molecular complexity index is 1660. The average molecular weight is 1230 g/mol. The molecule has 3 aliphatic rings. The van der Waals surface area contributed by atoms with Crippen LogP contribution in [0, 0.1) is 0 Å². The SMILES string of the molecule is CCCCCCCCCCCCCCCCCCCC[C@@H](O)C(=O)N[C@@H](CO[C@H]1O[C@H](CO[C@@H]2O[C@H](CO)[C@H](O)[C@H](O)[C@H]2NC(C)=O)[C@H](O)[C@H](O)[C@H]1O[C@H]1O[C@H](CO)[C@H](O)[C@H](O)[C@H]1O)[C@H](O)[C@H](O)CCCCCCCCCCCCCCCCC. The van der Waals surface area contributed by atoms with Gasteiger partial charge in [0.25, 0.3) is 0 Å². The first-order valence-corrected chi connectivity index (χ1v) is 33.5. The standard InChI is InChI=1S/C63H120N2O20/c1-4-6-8-10-12-14-16-18-20-21-22-24-26-28-30-32-34-36-38-46(70)60(79)65-44(51(71)45(69)37-35-33-31-29-27-25-23-19-17-15-13-11-9-7-5-2)41-80-63-59(85-62-58(78)56(76)53(73)48(40-67)83-62)57(77)54(74)49(84-63)42-81-61-50(64-43(3)68)55(75)52(72)47(39-66)82-61/h44-59,61-63,66-67,69-78H,4-42H2,1-3H3,(H,64,68)(H,65,79)/t44-,45+,46+,47+,48+,49+,50+,51-,52-,53-,54-,55+,56-,57-,58+,59+,61+,62+,63-/m0/s1. The summed E-state index contributed by atoms with van der Waals surface area (Å²) >= 11 is 0. The van der Waals surface area contributed by atoms with Crippen LogP contribution in [0.2, 0.25) is 0 Å². The normalized spacial score (nSPS) is 29.6. The number of aliphatic hydroxyl groups excluding tert-OH is 12. The van der Waals surface area contributed by atoms with Crippen LogP contribution in [0.3, 0.4) is 0 Å². The van der Waals surface area contributed by atoms with Gasteiger partial charge in [-0.15, -0.1) is 0 Å². The summed E-state index contributed by atoms with van der Waals surface area (Å²) < 4.78 is 35.3. The second kappa shape index (κ2) is 46.3. The summed E-state index contributed by atoms with van der Waals surface area (Å²) in [6.45, 7) is 2.68. The summed E-state index contributed by atoms with van der Waals surface area (Å²) in [5, 5.41) is 136. The summed E-state index contributed by atoms with van der Waals surface area (Å²) in [6, 6.07) is -2.82. The maximum atomic E-state index is 13.7. The molecule has 0 bridgehead atoms. The molecule has 85 heavy (non-hydrogen) atoms. The van der Waals surface area contributed by atoms with E-state index in [1.807, 2.05) is 0 Å². The Kier molecular flexibility index (Phi) is 42.2. The summed E-state index contributed by atoms with van der Waals surface area (Å²) in [5.41, 5.74) is 0. The Hall–Kier alpha value is -1.78. The predicted molar refractivity (Wildman–Crippen MR) is 319 cm³/mol. The lowest BCUT2D eigenvalue weighted by atomic mass is 9.96. The van der Waals surface area contributed by atoms with Crippen molar-refractivity contribution in [2.75, 3.05) is 26.4 Å². The number of nitrogens with one attached hydrogen (secondary N) is 2. The van der Waals surface area contributed by atoms with E-state index < -0.39 is 155 Å². The number of aliphatic hydroxyl groups is 12. The van der Waals surface area contributed by atoms with Gasteiger partial charge in [0, 0.05) is 6.92 Å². The average Bonchev–Trinajstić information content (AvgIpc) is 2.23. The fourth-order valence-corrected chi connectivity index (χ4v) is 11.7. The van der Waals surface area contributed by atoms with Crippen molar-refractivity contribution in [3.05, 3.63) is 0 Å². The minimum atomic E-state index is -2.01. The second-order valence-electron chi connectivity index (χ2n) is 24.6. The van der Waals surface area contributed by atoms with Gasteiger partial charge in [-0.05, 0) is 12.8 Å². The van der Waals surface area contributed by atoms with Crippen LogP contribution in [0.1, 0.15) is 245 Å². The van der Waals surface area contributed by atoms with Gasteiger partial charge in [-0.3, -0.25) is 9.59 Å². The first-order chi connectivity index (χ1) is 41.0. The van der Waals surface area contributed by atoms with E-state index in [9.17, 15) is 70.9 Å². The van der Waals surface area contributed by atoms with Crippen molar-refractivity contribution < 1.29 is 99.3 Å². The number of hydrogen-bond acceptors (Lipinski definition) is 20. The van der Waals surface area contributed by atoms with Crippen LogP contribution in [0.5, 0.6) is 0 Å².